The molecule has 103 heavy (non-hydrogen) atoms. The van der Waals surface area contributed by atoms with Crippen molar-refractivity contribution in [3.05, 3.63) is 99.6 Å². The van der Waals surface area contributed by atoms with Crippen molar-refractivity contribution in [2.45, 2.75) is 110 Å². The summed E-state index contributed by atoms with van der Waals surface area (Å²) < 4.78 is 119. The van der Waals surface area contributed by atoms with E-state index >= 15 is 4.79 Å². The van der Waals surface area contributed by atoms with Crippen LogP contribution in [0.15, 0.2) is 77.0 Å². The molecule has 37 heteroatoms. The van der Waals surface area contributed by atoms with E-state index in [1.807, 2.05) is 0 Å². The third-order valence-corrected chi connectivity index (χ3v) is 17.2. The predicted octanol–water partition coefficient (Wildman–Crippen LogP) is 5.66. The van der Waals surface area contributed by atoms with Crippen LogP contribution < -0.4 is 22.7 Å². The van der Waals surface area contributed by atoms with Gasteiger partial charge in [0.2, 0.25) is 18.5 Å². The van der Waals surface area contributed by atoms with Gasteiger partial charge in [-0.2, -0.15) is 0 Å². The molecule has 2 amide bonds. The van der Waals surface area contributed by atoms with Gasteiger partial charge in [-0.25, -0.2) is 9.59 Å². The molecule has 0 spiro atoms. The quantitative estimate of drug-likeness (QED) is 0.00624. The summed E-state index contributed by atoms with van der Waals surface area (Å²) >= 11 is 6.70. The van der Waals surface area contributed by atoms with E-state index in [1.165, 1.54) is 62.1 Å². The maximum atomic E-state index is 15.1. The monoisotopic (exact) mass is 1480 g/mol. The Balaban J connectivity index is 1.10. The highest BCUT2D eigenvalue weighted by molar-refractivity contribution is 7.82. The standard InChI is InChI=1S/C66H76ClN7O28S/c1-33-54(92-35(3)75)59(95-38(6)78)65(98-55(33)63(82)87-10)97-50-17-13-41(61(80)73(8)19-21-90-23-25-91-24-22-89-20-18-69-72-68)28-52(50)102-103(84,85)101-51-30-49-53(46-29-44(86-9)14-15-45(46)51)43(31-67)32-74(49)62(81)48-27-42-26-40(12-16-47(42)70-48)34(2)71-100-66-60(96-39(7)79)57(94-37(5)77)56(93-36(4)76)58(99-66)64(83)88-11/h12-17,26-30,33,43,54-60,65-66,70H,18-25,31-32H2,1-11H3/b71-34+/t33-,43+,54-,55-,56-,57-,58-,59+,60+,65+,66-/m0/s1. The number of oxime groups is 1. The van der Waals surface area contributed by atoms with E-state index < -0.39 is 143 Å². The van der Waals surface area contributed by atoms with Crippen LogP contribution >= 0.6 is 11.6 Å². The highest BCUT2D eigenvalue weighted by Gasteiger charge is 2.57. The number of carbonyl (C=O) groups is 9. The van der Waals surface area contributed by atoms with Gasteiger partial charge in [-0.05, 0) is 83.6 Å². The number of methoxy groups -OCH3 is 3. The highest BCUT2D eigenvalue weighted by Crippen LogP contribution is 2.48. The zero-order chi connectivity index (χ0) is 75.0. The average Bonchev–Trinajstić information content (AvgIpc) is 1.63. The van der Waals surface area contributed by atoms with Gasteiger partial charge in [0.25, 0.3) is 18.1 Å². The number of ether oxygens (including phenoxy) is 14. The molecule has 4 aromatic carbocycles. The molecule has 0 bridgehead atoms. The number of rotatable bonds is 32. The molecular weight excluding hydrogens is 1410 g/mol. The van der Waals surface area contributed by atoms with Crippen LogP contribution in [0.5, 0.6) is 23.0 Å². The third-order valence-electron chi connectivity index (χ3n) is 16.0. The SMILES string of the molecule is COC(=O)[C@H]1O[C@@H](Oc2ccc(C(=O)N(C)CCOCCOCCOCCN=[N+]=[N-])cc2OS(=O)(=O)Oc2cc3c(c4cc(OC)ccc24)[C@H](CCl)CN3C(=O)c2cc3cc(/C(C)=N/O[C@@H]4O[C@H](C(=O)OC)[C@@H](OC(C)=O)[C@H](OC(C)=O)[C@H]4OC(C)=O)ccc3[nH]2)[C@H](OC(C)=O)[C@@H](OC(C)=O)[C@@H]1C. The number of H-pyrrole nitrogens is 1. The largest absolute Gasteiger partial charge is 0.501 e. The molecule has 0 radical (unpaired) electrons. The fraction of sp³-hybridized carbons (Fsp3) is 0.485. The molecule has 556 valence electrons. The fourth-order valence-corrected chi connectivity index (χ4v) is 12.4. The van der Waals surface area contributed by atoms with Crippen LogP contribution in [-0.2, 0) is 106 Å². The summed E-state index contributed by atoms with van der Waals surface area (Å²) in [7, 11) is -0.469. The number of alkyl halides is 1. The Labute approximate surface area is 594 Å². The molecule has 3 aliphatic rings. The van der Waals surface area contributed by atoms with Crippen LogP contribution in [0.1, 0.15) is 86.4 Å². The topological polar surface area (TPSA) is 428 Å². The lowest BCUT2D eigenvalue weighted by Crippen LogP contribution is -2.63. The molecule has 0 saturated carbocycles. The second kappa shape index (κ2) is 35.7. The van der Waals surface area contributed by atoms with Gasteiger partial charge >= 0.3 is 52.2 Å². The number of azide groups is 1. The van der Waals surface area contributed by atoms with E-state index in [0.29, 0.717) is 33.2 Å². The number of nitrogens with one attached hydrogen (secondary N) is 1. The van der Waals surface area contributed by atoms with Gasteiger partial charge in [-0.15, -0.1) is 20.0 Å². The van der Waals surface area contributed by atoms with Gasteiger partial charge < -0.3 is 94.3 Å². The molecule has 2 fully saturated rings. The number of hydrogen-bond acceptors (Lipinski definition) is 30. The molecule has 11 atom stereocenters. The molecule has 2 saturated heterocycles. The van der Waals surface area contributed by atoms with Gasteiger partial charge in [0, 0.05) is 112 Å². The number of aromatic nitrogens is 1. The summed E-state index contributed by atoms with van der Waals surface area (Å²) in [6, 6.07) is 15.8. The maximum Gasteiger partial charge on any atom is 0.501 e. The number of amides is 2. The minimum Gasteiger partial charge on any atom is -0.497 e. The van der Waals surface area contributed by atoms with Crippen LogP contribution in [0.3, 0.4) is 0 Å². The Hall–Kier alpha value is -10.1. The van der Waals surface area contributed by atoms with E-state index in [1.54, 1.807) is 30.3 Å². The third kappa shape index (κ3) is 19.8. The summed E-state index contributed by atoms with van der Waals surface area (Å²) in [4.78, 5) is 132. The van der Waals surface area contributed by atoms with Crippen LogP contribution in [0, 0.1) is 5.92 Å². The van der Waals surface area contributed by atoms with Crippen molar-refractivity contribution in [3.8, 4) is 23.0 Å². The number of esters is 7. The zero-order valence-electron chi connectivity index (χ0n) is 57.7. The smallest absolute Gasteiger partial charge is 0.497 e. The van der Waals surface area contributed by atoms with Crippen molar-refractivity contribution < 1.29 is 131 Å². The van der Waals surface area contributed by atoms with E-state index in [9.17, 15) is 46.8 Å². The number of likely N-dealkylation sites (N-methyl/N-ethyl adjacent to an activating group) is 1. The van der Waals surface area contributed by atoms with Crippen molar-refractivity contribution >= 4 is 109 Å². The lowest BCUT2D eigenvalue weighted by atomic mass is 9.90. The minimum atomic E-state index is -5.44. The first-order chi connectivity index (χ1) is 49.1. The zero-order valence-corrected chi connectivity index (χ0v) is 59.2. The fourth-order valence-electron chi connectivity index (χ4n) is 11.4. The summed E-state index contributed by atoms with van der Waals surface area (Å²) in [5, 5.41) is 8.59. The maximum absolute atomic E-state index is 15.1. The van der Waals surface area contributed by atoms with Gasteiger partial charge in [-0.1, -0.05) is 23.3 Å². The highest BCUT2D eigenvalue weighted by atomic mass is 35.5. The molecule has 0 aliphatic carbocycles. The second-order valence-electron chi connectivity index (χ2n) is 23.3. The number of hydrogen-bond donors (Lipinski definition) is 1. The van der Waals surface area contributed by atoms with E-state index in [4.69, 9.17) is 96.7 Å². The van der Waals surface area contributed by atoms with Crippen LogP contribution in [0.25, 0.3) is 32.1 Å². The molecule has 1 aromatic heterocycles. The Morgan fingerprint density at radius 3 is 1.86 bits per heavy atom. The number of anilines is 1. The number of halogens is 1. The van der Waals surface area contributed by atoms with E-state index in [2.05, 4.69) is 20.2 Å². The van der Waals surface area contributed by atoms with Crippen molar-refractivity contribution in [2.24, 2.45) is 16.2 Å². The lowest BCUT2D eigenvalue weighted by molar-refractivity contribution is -0.301. The molecule has 1 N–H and O–H groups in total. The van der Waals surface area contributed by atoms with Crippen molar-refractivity contribution in [1.29, 1.82) is 0 Å². The Bertz CT molecular complexity index is 4190. The molecule has 8 rings (SSSR count). The van der Waals surface area contributed by atoms with Crippen LogP contribution in [-0.4, -0.2) is 226 Å². The lowest BCUT2D eigenvalue weighted by Gasteiger charge is -2.42. The molecule has 3 aliphatic heterocycles. The first-order valence-corrected chi connectivity index (χ1v) is 33.6. The average molecular weight is 1480 g/mol. The van der Waals surface area contributed by atoms with Crippen molar-refractivity contribution in [1.82, 2.24) is 9.88 Å². The molecule has 4 heterocycles. The molecular formula is C66H76ClN7O28S. The number of fused-ring (bicyclic) bond motifs is 4. The summed E-state index contributed by atoms with van der Waals surface area (Å²) in [5.41, 5.74) is 10.00. The summed E-state index contributed by atoms with van der Waals surface area (Å²) in [5.74, 6) is -10.6. The first-order valence-electron chi connectivity index (χ1n) is 31.7. The normalized spacial score (nSPS) is 21.5. The van der Waals surface area contributed by atoms with Crippen molar-refractivity contribution in [2.75, 3.05) is 98.4 Å². The number of aromatic amines is 1. The van der Waals surface area contributed by atoms with Gasteiger partial charge in [0.1, 0.15) is 11.4 Å². The Morgan fingerprint density at radius 1 is 0.650 bits per heavy atom. The van der Waals surface area contributed by atoms with Crippen molar-refractivity contribution in [3.63, 3.8) is 0 Å². The minimum absolute atomic E-state index is 0.0178. The van der Waals surface area contributed by atoms with Gasteiger partial charge in [0.15, 0.2) is 47.8 Å². The van der Waals surface area contributed by atoms with Gasteiger partial charge in [-0.3, -0.25) is 33.6 Å². The molecule has 5 aromatic rings. The number of nitrogens with zero attached hydrogens (tertiary/aromatic N) is 6. The summed E-state index contributed by atoms with van der Waals surface area (Å²) in [6.45, 7) is 9.49. The second-order valence-corrected chi connectivity index (χ2v) is 24.7. The first kappa shape index (κ1) is 78.6. The van der Waals surface area contributed by atoms with Gasteiger partial charge in [0.05, 0.1) is 72.4 Å². The van der Waals surface area contributed by atoms with E-state index in [-0.39, 0.29) is 98.9 Å². The van der Waals surface area contributed by atoms with E-state index in [0.717, 1.165) is 61.0 Å². The number of benzene rings is 4. The molecule has 0 unspecified atom stereocenters. The number of carbonyl (C=O) groups excluding carboxylic acids is 9. The molecule has 35 nitrogen and oxygen atoms in total. The van der Waals surface area contributed by atoms with Crippen LogP contribution in [0.4, 0.5) is 5.69 Å². The summed E-state index contributed by atoms with van der Waals surface area (Å²) in [6.07, 6.45) is -14.9. The Morgan fingerprint density at radius 2 is 1.23 bits per heavy atom. The predicted molar refractivity (Wildman–Crippen MR) is 356 cm³/mol. The van der Waals surface area contributed by atoms with Crippen LogP contribution in [0.2, 0.25) is 0 Å². The Kier molecular flexibility index (Phi) is 27.3.